The van der Waals surface area contributed by atoms with E-state index >= 15 is 0 Å². The van der Waals surface area contributed by atoms with Gasteiger partial charge in [0, 0.05) is 50.0 Å². The van der Waals surface area contributed by atoms with Crippen LogP contribution in [0, 0.1) is 0 Å². The van der Waals surface area contributed by atoms with E-state index in [1.54, 1.807) is 13.3 Å². The molecule has 32 heavy (non-hydrogen) atoms. The molecule has 0 atom stereocenters. The number of nitrogens with zero attached hydrogens (tertiary/aromatic N) is 3. The van der Waals surface area contributed by atoms with E-state index in [0.29, 0.717) is 6.54 Å². The quantitative estimate of drug-likeness (QED) is 0.508. The first-order valence-corrected chi connectivity index (χ1v) is 12.3. The Hall–Kier alpha value is -3.10. The van der Waals surface area contributed by atoms with Crippen LogP contribution in [0.15, 0.2) is 66.9 Å². The number of hydrogen-bond donors (Lipinski definition) is 0. The molecule has 3 aromatic rings. The number of ether oxygens (including phenoxy) is 1. The van der Waals surface area contributed by atoms with E-state index in [4.69, 9.17) is 8.92 Å². The minimum absolute atomic E-state index is 0.138. The minimum atomic E-state index is -3.67. The van der Waals surface area contributed by atoms with E-state index in [0.717, 1.165) is 60.6 Å². The lowest BCUT2D eigenvalue weighted by atomic mass is 10.1. The molecule has 2 aromatic carbocycles. The van der Waals surface area contributed by atoms with Crippen LogP contribution in [-0.2, 0) is 16.7 Å². The molecular formula is C24H27N3O4S. The lowest BCUT2D eigenvalue weighted by Gasteiger charge is -2.36. The molecular weight excluding hydrogens is 426 g/mol. The van der Waals surface area contributed by atoms with Gasteiger partial charge in [0.15, 0.2) is 0 Å². The highest BCUT2D eigenvalue weighted by atomic mass is 32.2. The van der Waals surface area contributed by atoms with Gasteiger partial charge in [-0.25, -0.2) is 4.98 Å². The van der Waals surface area contributed by atoms with Gasteiger partial charge in [0.25, 0.3) is 0 Å². The first kappa shape index (κ1) is 22.1. The number of anilines is 1. The van der Waals surface area contributed by atoms with Gasteiger partial charge in [-0.05, 0) is 23.8 Å². The maximum atomic E-state index is 11.8. The van der Waals surface area contributed by atoms with Crippen LogP contribution in [0.25, 0.3) is 11.1 Å². The Morgan fingerprint density at radius 3 is 2.31 bits per heavy atom. The summed E-state index contributed by atoms with van der Waals surface area (Å²) in [5.41, 5.74) is 3.79. The molecule has 0 amide bonds. The maximum absolute atomic E-state index is 11.8. The number of methoxy groups -OCH3 is 1. The Bertz CT molecular complexity index is 1160. The molecule has 1 fully saturated rings. The predicted molar refractivity (Wildman–Crippen MR) is 126 cm³/mol. The molecule has 1 saturated heterocycles. The number of pyridine rings is 1. The molecule has 168 valence electrons. The summed E-state index contributed by atoms with van der Waals surface area (Å²) in [5, 5.41) is 0. The summed E-state index contributed by atoms with van der Waals surface area (Å²) in [7, 11) is -1.99. The van der Waals surface area contributed by atoms with Crippen molar-refractivity contribution >= 4 is 15.8 Å². The van der Waals surface area contributed by atoms with Crippen LogP contribution in [0.5, 0.6) is 11.6 Å². The van der Waals surface area contributed by atoms with Gasteiger partial charge >= 0.3 is 10.1 Å². The van der Waals surface area contributed by atoms with Gasteiger partial charge in [0.05, 0.1) is 19.1 Å². The second-order valence-electron chi connectivity index (χ2n) is 7.78. The lowest BCUT2D eigenvalue weighted by Crippen LogP contribution is -2.46. The highest BCUT2D eigenvalue weighted by Gasteiger charge is 2.22. The molecule has 2 heterocycles. The van der Waals surface area contributed by atoms with Crippen molar-refractivity contribution in [2.24, 2.45) is 0 Å². The van der Waals surface area contributed by atoms with Gasteiger partial charge in [0.2, 0.25) is 5.88 Å². The van der Waals surface area contributed by atoms with Crippen LogP contribution >= 0.6 is 0 Å². The molecule has 7 nitrogen and oxygen atoms in total. The smallest absolute Gasteiger partial charge is 0.307 e. The van der Waals surface area contributed by atoms with Gasteiger partial charge in [-0.1, -0.05) is 42.5 Å². The summed E-state index contributed by atoms with van der Waals surface area (Å²) >= 11 is 0. The van der Waals surface area contributed by atoms with Crippen molar-refractivity contribution in [3.63, 3.8) is 0 Å². The fraction of sp³-hybridized carbons (Fsp3) is 0.292. The van der Waals surface area contributed by atoms with E-state index in [-0.39, 0.29) is 5.88 Å². The topological polar surface area (TPSA) is 72.0 Å². The third-order valence-corrected chi connectivity index (χ3v) is 5.92. The molecule has 0 unspecified atom stereocenters. The number of rotatable bonds is 7. The van der Waals surface area contributed by atoms with E-state index in [1.807, 2.05) is 54.6 Å². The van der Waals surface area contributed by atoms with Gasteiger partial charge in [-0.3, -0.25) is 4.90 Å². The Morgan fingerprint density at radius 2 is 1.62 bits per heavy atom. The van der Waals surface area contributed by atoms with Crippen LogP contribution in [0.2, 0.25) is 0 Å². The van der Waals surface area contributed by atoms with E-state index in [9.17, 15) is 8.42 Å². The zero-order valence-electron chi connectivity index (χ0n) is 18.3. The van der Waals surface area contributed by atoms with Crippen molar-refractivity contribution in [2.75, 3.05) is 44.4 Å². The van der Waals surface area contributed by atoms with E-state index in [2.05, 4.69) is 20.9 Å². The highest BCUT2D eigenvalue weighted by molar-refractivity contribution is 7.86. The first-order valence-electron chi connectivity index (χ1n) is 10.5. The number of para-hydroxylation sites is 2. The standard InChI is InChI=1S/C24H27N3O4S/c1-30-23-11-7-6-10-22(23)27-14-12-26(13-15-27)18-21-16-20(19-8-4-3-5-9-19)17-25-24(21)31-32(2,28)29/h3-11,16-17H,12-15,18H2,1-2H3. The summed E-state index contributed by atoms with van der Waals surface area (Å²) in [6.45, 7) is 3.89. The molecule has 0 aliphatic carbocycles. The number of hydrogen-bond acceptors (Lipinski definition) is 7. The van der Waals surface area contributed by atoms with Crippen LogP contribution in [0.1, 0.15) is 5.56 Å². The third kappa shape index (κ3) is 5.38. The van der Waals surface area contributed by atoms with Crippen LogP contribution in [0.4, 0.5) is 5.69 Å². The van der Waals surface area contributed by atoms with Crippen LogP contribution in [-0.4, -0.2) is 57.8 Å². The molecule has 4 rings (SSSR count). The van der Waals surface area contributed by atoms with Crippen molar-refractivity contribution in [2.45, 2.75) is 6.54 Å². The average molecular weight is 454 g/mol. The lowest BCUT2D eigenvalue weighted by molar-refractivity contribution is 0.247. The molecule has 1 aliphatic rings. The predicted octanol–water partition coefficient (Wildman–Crippen LogP) is 3.42. The third-order valence-electron chi connectivity index (χ3n) is 5.45. The Balaban J connectivity index is 1.52. The number of benzene rings is 2. The van der Waals surface area contributed by atoms with Crippen molar-refractivity contribution in [3.8, 4) is 22.8 Å². The van der Waals surface area contributed by atoms with E-state index in [1.165, 1.54) is 0 Å². The SMILES string of the molecule is COc1ccccc1N1CCN(Cc2cc(-c3ccccc3)cnc2OS(C)(=O)=O)CC1. The molecule has 0 N–H and O–H groups in total. The number of piperazine rings is 1. The Morgan fingerprint density at radius 1 is 0.938 bits per heavy atom. The van der Waals surface area contributed by atoms with Crippen LogP contribution in [0.3, 0.4) is 0 Å². The summed E-state index contributed by atoms with van der Waals surface area (Å²) in [4.78, 5) is 8.93. The second kappa shape index (κ2) is 9.58. The van der Waals surface area contributed by atoms with Crippen molar-refractivity contribution < 1.29 is 17.3 Å². The van der Waals surface area contributed by atoms with E-state index < -0.39 is 10.1 Å². The molecule has 0 spiro atoms. The van der Waals surface area contributed by atoms with Gasteiger partial charge in [-0.15, -0.1) is 0 Å². The van der Waals surface area contributed by atoms with Gasteiger partial charge in [-0.2, -0.15) is 8.42 Å². The second-order valence-corrected chi connectivity index (χ2v) is 9.35. The summed E-state index contributed by atoms with van der Waals surface area (Å²) in [5.74, 6) is 1.00. The molecule has 8 heteroatoms. The van der Waals surface area contributed by atoms with Crippen LogP contribution < -0.4 is 13.8 Å². The molecule has 1 aliphatic heterocycles. The highest BCUT2D eigenvalue weighted by Crippen LogP contribution is 2.30. The normalized spacial score (nSPS) is 14.9. The van der Waals surface area contributed by atoms with Crippen molar-refractivity contribution in [3.05, 3.63) is 72.4 Å². The summed E-state index contributed by atoms with van der Waals surface area (Å²) in [6, 6.07) is 19.9. The zero-order chi connectivity index (χ0) is 22.6. The largest absolute Gasteiger partial charge is 0.495 e. The number of aromatic nitrogens is 1. The maximum Gasteiger partial charge on any atom is 0.307 e. The minimum Gasteiger partial charge on any atom is -0.495 e. The van der Waals surface area contributed by atoms with Crippen molar-refractivity contribution in [1.29, 1.82) is 0 Å². The summed E-state index contributed by atoms with van der Waals surface area (Å²) in [6.07, 6.45) is 2.69. The Labute approximate surface area is 189 Å². The van der Waals surface area contributed by atoms with Gasteiger partial charge in [0.1, 0.15) is 5.75 Å². The fourth-order valence-electron chi connectivity index (χ4n) is 3.90. The summed E-state index contributed by atoms with van der Waals surface area (Å²) < 4.78 is 34.2. The molecule has 0 bridgehead atoms. The van der Waals surface area contributed by atoms with Crippen molar-refractivity contribution in [1.82, 2.24) is 9.88 Å². The average Bonchev–Trinajstić information content (AvgIpc) is 2.80. The molecule has 0 radical (unpaired) electrons. The van der Waals surface area contributed by atoms with Gasteiger partial charge < -0.3 is 13.8 Å². The molecule has 0 saturated carbocycles. The zero-order valence-corrected chi connectivity index (χ0v) is 19.1. The monoisotopic (exact) mass is 453 g/mol. The first-order chi connectivity index (χ1) is 15.4. The Kier molecular flexibility index (Phi) is 6.62. The molecule has 1 aromatic heterocycles. The fourth-order valence-corrected chi connectivity index (χ4v) is 4.33.